The Hall–Kier alpha value is -0.730. The molecule has 0 amide bonds. The van der Waals surface area contributed by atoms with Crippen LogP contribution in [0.25, 0.3) is 0 Å². The van der Waals surface area contributed by atoms with Gasteiger partial charge in [-0.3, -0.25) is 0 Å². The van der Waals surface area contributed by atoms with E-state index in [2.05, 4.69) is 13.8 Å². The van der Waals surface area contributed by atoms with Gasteiger partial charge in [0.15, 0.2) is 0 Å². The van der Waals surface area contributed by atoms with Crippen LogP contribution in [0, 0.1) is 12.3 Å². The first-order valence-corrected chi connectivity index (χ1v) is 6.41. The van der Waals surface area contributed by atoms with Crippen molar-refractivity contribution in [2.75, 3.05) is 13.2 Å². The fourth-order valence-electron chi connectivity index (χ4n) is 1.56. The molecule has 0 saturated heterocycles. The topological polar surface area (TPSA) is 35.2 Å². The highest BCUT2D eigenvalue weighted by atomic mass is 35.5. The van der Waals surface area contributed by atoms with Gasteiger partial charge < -0.3 is 10.5 Å². The van der Waals surface area contributed by atoms with Gasteiger partial charge >= 0.3 is 0 Å². The van der Waals surface area contributed by atoms with E-state index in [-0.39, 0.29) is 5.41 Å². The molecule has 3 heteroatoms. The highest BCUT2D eigenvalue weighted by Crippen LogP contribution is 2.26. The van der Waals surface area contributed by atoms with E-state index in [0.29, 0.717) is 18.2 Å². The van der Waals surface area contributed by atoms with Crippen molar-refractivity contribution in [3.05, 3.63) is 28.8 Å². The molecule has 1 aromatic rings. The summed E-state index contributed by atoms with van der Waals surface area (Å²) in [6.45, 7) is 7.77. The zero-order valence-corrected chi connectivity index (χ0v) is 11.7. The number of rotatable bonds is 6. The third-order valence-corrected chi connectivity index (χ3v) is 3.21. The molecule has 0 unspecified atom stereocenters. The van der Waals surface area contributed by atoms with Gasteiger partial charge in [-0.1, -0.05) is 31.5 Å². The second-order valence-corrected chi connectivity index (χ2v) is 5.66. The molecule has 96 valence electrons. The molecule has 0 aliphatic heterocycles. The third-order valence-electron chi connectivity index (χ3n) is 2.89. The van der Waals surface area contributed by atoms with Crippen molar-refractivity contribution in [2.45, 2.75) is 33.6 Å². The van der Waals surface area contributed by atoms with Crippen LogP contribution in [0.4, 0.5) is 0 Å². The molecule has 0 aromatic heterocycles. The molecular formula is C14H22ClNO. The van der Waals surface area contributed by atoms with Gasteiger partial charge in [-0.25, -0.2) is 0 Å². The molecule has 0 spiro atoms. The standard InChI is InChI=1S/C14H22ClNO/c1-11-5-6-12(15)13(9-11)17-8-4-7-14(2,3)10-16/h5-6,9H,4,7-8,10,16H2,1-3H3. The molecule has 17 heavy (non-hydrogen) atoms. The summed E-state index contributed by atoms with van der Waals surface area (Å²) in [6.07, 6.45) is 2.06. The lowest BCUT2D eigenvalue weighted by molar-refractivity contribution is 0.261. The van der Waals surface area contributed by atoms with Gasteiger partial charge in [0.2, 0.25) is 0 Å². The summed E-state index contributed by atoms with van der Waals surface area (Å²) < 4.78 is 5.68. The average Bonchev–Trinajstić information content (AvgIpc) is 2.29. The number of benzene rings is 1. The SMILES string of the molecule is Cc1ccc(Cl)c(OCCCC(C)(C)CN)c1. The molecule has 2 N–H and O–H groups in total. The maximum Gasteiger partial charge on any atom is 0.138 e. The van der Waals surface area contributed by atoms with Crippen LogP contribution in [0.5, 0.6) is 5.75 Å². The van der Waals surface area contributed by atoms with Gasteiger partial charge in [0.1, 0.15) is 5.75 Å². The zero-order valence-electron chi connectivity index (χ0n) is 10.9. The van der Waals surface area contributed by atoms with Gasteiger partial charge in [0.25, 0.3) is 0 Å². The molecular weight excluding hydrogens is 234 g/mol. The molecule has 0 atom stereocenters. The fraction of sp³-hybridized carbons (Fsp3) is 0.571. The average molecular weight is 256 g/mol. The molecule has 0 heterocycles. The van der Waals surface area contributed by atoms with Crippen LogP contribution in [0.2, 0.25) is 5.02 Å². The normalized spacial score (nSPS) is 11.6. The van der Waals surface area contributed by atoms with Crippen molar-refractivity contribution in [1.82, 2.24) is 0 Å². The second kappa shape index (κ2) is 6.27. The molecule has 0 radical (unpaired) electrons. The van der Waals surface area contributed by atoms with Crippen LogP contribution < -0.4 is 10.5 Å². The predicted octanol–water partition coefficient (Wildman–Crippen LogP) is 3.79. The maximum absolute atomic E-state index is 6.05. The van der Waals surface area contributed by atoms with Gasteiger partial charge in [0, 0.05) is 0 Å². The second-order valence-electron chi connectivity index (χ2n) is 5.25. The molecule has 1 aromatic carbocycles. The zero-order chi connectivity index (χ0) is 12.9. The monoisotopic (exact) mass is 255 g/mol. The minimum absolute atomic E-state index is 0.194. The van der Waals surface area contributed by atoms with E-state index in [1.807, 2.05) is 25.1 Å². The third kappa shape index (κ3) is 4.97. The minimum atomic E-state index is 0.194. The van der Waals surface area contributed by atoms with Crippen molar-refractivity contribution < 1.29 is 4.74 Å². The number of nitrogens with two attached hydrogens (primary N) is 1. The van der Waals surface area contributed by atoms with Gasteiger partial charge in [-0.05, 0) is 49.4 Å². The van der Waals surface area contributed by atoms with Crippen molar-refractivity contribution >= 4 is 11.6 Å². The van der Waals surface area contributed by atoms with E-state index in [1.165, 1.54) is 0 Å². The van der Waals surface area contributed by atoms with Crippen molar-refractivity contribution in [3.8, 4) is 5.75 Å². The Morgan fingerprint density at radius 1 is 1.35 bits per heavy atom. The summed E-state index contributed by atoms with van der Waals surface area (Å²) in [5.74, 6) is 0.775. The Labute approximate surface area is 109 Å². The Kier molecular flexibility index (Phi) is 5.29. The first kappa shape index (κ1) is 14.3. The maximum atomic E-state index is 6.05. The van der Waals surface area contributed by atoms with Crippen molar-refractivity contribution in [1.29, 1.82) is 0 Å². The van der Waals surface area contributed by atoms with Gasteiger partial charge in [-0.2, -0.15) is 0 Å². The molecule has 0 fully saturated rings. The highest BCUT2D eigenvalue weighted by molar-refractivity contribution is 6.32. The lowest BCUT2D eigenvalue weighted by Gasteiger charge is -2.22. The van der Waals surface area contributed by atoms with Crippen LogP contribution >= 0.6 is 11.6 Å². The first-order valence-electron chi connectivity index (χ1n) is 6.04. The molecule has 1 rings (SSSR count). The number of ether oxygens (including phenoxy) is 1. The van der Waals surface area contributed by atoms with E-state index < -0.39 is 0 Å². The molecule has 0 saturated carbocycles. The lowest BCUT2D eigenvalue weighted by atomic mass is 9.88. The van der Waals surface area contributed by atoms with E-state index in [0.717, 1.165) is 24.2 Å². The minimum Gasteiger partial charge on any atom is -0.492 e. The molecule has 0 aliphatic rings. The Morgan fingerprint density at radius 3 is 2.71 bits per heavy atom. The number of aryl methyl sites for hydroxylation is 1. The van der Waals surface area contributed by atoms with Crippen molar-refractivity contribution in [3.63, 3.8) is 0 Å². The van der Waals surface area contributed by atoms with Gasteiger partial charge in [-0.15, -0.1) is 0 Å². The number of hydrogen-bond acceptors (Lipinski definition) is 2. The van der Waals surface area contributed by atoms with E-state index in [1.54, 1.807) is 0 Å². The number of hydrogen-bond donors (Lipinski definition) is 1. The molecule has 0 bridgehead atoms. The fourth-order valence-corrected chi connectivity index (χ4v) is 1.73. The lowest BCUT2D eigenvalue weighted by Crippen LogP contribution is -2.23. The van der Waals surface area contributed by atoms with Crippen molar-refractivity contribution in [2.24, 2.45) is 11.1 Å². The van der Waals surface area contributed by atoms with Gasteiger partial charge in [0.05, 0.1) is 11.6 Å². The predicted molar refractivity (Wildman–Crippen MR) is 73.8 cm³/mol. The summed E-state index contributed by atoms with van der Waals surface area (Å²) in [5, 5.41) is 0.675. The van der Waals surface area contributed by atoms with Crippen LogP contribution in [0.3, 0.4) is 0 Å². The molecule has 0 aliphatic carbocycles. The number of halogens is 1. The first-order chi connectivity index (χ1) is 7.94. The van der Waals surface area contributed by atoms with Crippen LogP contribution in [-0.4, -0.2) is 13.2 Å². The Balaban J connectivity index is 2.38. The summed E-state index contributed by atoms with van der Waals surface area (Å²) in [7, 11) is 0. The van der Waals surface area contributed by atoms with E-state index >= 15 is 0 Å². The summed E-state index contributed by atoms with van der Waals surface area (Å²) in [5.41, 5.74) is 7.03. The summed E-state index contributed by atoms with van der Waals surface area (Å²) in [4.78, 5) is 0. The van der Waals surface area contributed by atoms with E-state index in [4.69, 9.17) is 22.1 Å². The largest absolute Gasteiger partial charge is 0.492 e. The summed E-state index contributed by atoms with van der Waals surface area (Å²) in [6, 6.07) is 5.82. The van der Waals surface area contributed by atoms with Crippen LogP contribution in [0.1, 0.15) is 32.3 Å². The van der Waals surface area contributed by atoms with Crippen LogP contribution in [0.15, 0.2) is 18.2 Å². The van der Waals surface area contributed by atoms with Crippen LogP contribution in [-0.2, 0) is 0 Å². The Bertz CT molecular complexity index is 363. The quantitative estimate of drug-likeness (QED) is 0.785. The van der Waals surface area contributed by atoms with E-state index in [9.17, 15) is 0 Å². The summed E-state index contributed by atoms with van der Waals surface area (Å²) >= 11 is 6.05. The Morgan fingerprint density at radius 2 is 2.06 bits per heavy atom. The molecule has 2 nitrogen and oxygen atoms in total. The smallest absolute Gasteiger partial charge is 0.138 e. The highest BCUT2D eigenvalue weighted by Gasteiger charge is 2.14.